The third kappa shape index (κ3) is 1.87. The van der Waals surface area contributed by atoms with E-state index in [-0.39, 0.29) is 0 Å². The van der Waals surface area contributed by atoms with Crippen molar-refractivity contribution in [2.75, 3.05) is 0 Å². The van der Waals surface area contributed by atoms with Crippen molar-refractivity contribution >= 4 is 11.6 Å². The van der Waals surface area contributed by atoms with Crippen molar-refractivity contribution in [3.05, 3.63) is 16.9 Å². The molecule has 90 valence electrons. The number of hydrogen-bond donors (Lipinski definition) is 1. The van der Waals surface area contributed by atoms with E-state index in [1.165, 1.54) is 5.69 Å². The number of rotatable bonds is 2. The van der Waals surface area contributed by atoms with Crippen LogP contribution < -0.4 is 5.73 Å². The molecule has 3 unspecified atom stereocenters. The van der Waals surface area contributed by atoms with E-state index in [0.29, 0.717) is 23.9 Å². The van der Waals surface area contributed by atoms with Crippen LogP contribution in [0, 0.1) is 5.92 Å². The molecule has 1 saturated carbocycles. The van der Waals surface area contributed by atoms with Crippen LogP contribution >= 0.6 is 11.6 Å². The summed E-state index contributed by atoms with van der Waals surface area (Å²) in [5.41, 5.74) is 7.26. The van der Waals surface area contributed by atoms with E-state index in [1.54, 1.807) is 6.20 Å². The van der Waals surface area contributed by atoms with Gasteiger partial charge in [-0.3, -0.25) is 4.68 Å². The molecule has 2 rings (SSSR count). The van der Waals surface area contributed by atoms with Crippen molar-refractivity contribution in [1.29, 1.82) is 0 Å². The predicted molar refractivity (Wildman–Crippen MR) is 66.7 cm³/mol. The van der Waals surface area contributed by atoms with Gasteiger partial charge in [0.25, 0.3) is 0 Å². The van der Waals surface area contributed by atoms with Gasteiger partial charge in [0.1, 0.15) is 0 Å². The first-order chi connectivity index (χ1) is 7.52. The largest absolute Gasteiger partial charge is 0.327 e. The van der Waals surface area contributed by atoms with Crippen LogP contribution in [0.3, 0.4) is 0 Å². The Labute approximate surface area is 102 Å². The van der Waals surface area contributed by atoms with Crippen molar-refractivity contribution in [3.63, 3.8) is 0 Å². The molecule has 1 fully saturated rings. The molecule has 0 amide bonds. The lowest BCUT2D eigenvalue weighted by Crippen LogP contribution is -2.25. The van der Waals surface area contributed by atoms with Crippen LogP contribution in [0.25, 0.3) is 0 Å². The number of aromatic nitrogens is 2. The highest BCUT2D eigenvalue weighted by Crippen LogP contribution is 2.41. The van der Waals surface area contributed by atoms with E-state index in [2.05, 4.69) is 25.9 Å². The first-order valence-corrected chi connectivity index (χ1v) is 6.38. The molecule has 0 radical (unpaired) electrons. The fourth-order valence-corrected chi connectivity index (χ4v) is 2.96. The Bertz CT molecular complexity index is 372. The number of hydrogen-bond acceptors (Lipinski definition) is 2. The second kappa shape index (κ2) is 4.38. The zero-order chi connectivity index (χ0) is 11.9. The van der Waals surface area contributed by atoms with Crippen LogP contribution in [-0.2, 0) is 0 Å². The van der Waals surface area contributed by atoms with E-state index in [0.717, 1.165) is 17.9 Å². The second-order valence-corrected chi connectivity index (χ2v) is 5.53. The van der Waals surface area contributed by atoms with Crippen LogP contribution in [0.5, 0.6) is 0 Å². The molecule has 1 aliphatic carbocycles. The van der Waals surface area contributed by atoms with Crippen LogP contribution in [0.2, 0.25) is 5.02 Å². The van der Waals surface area contributed by atoms with Gasteiger partial charge in [-0.25, -0.2) is 0 Å². The zero-order valence-corrected chi connectivity index (χ0v) is 10.9. The fourth-order valence-electron chi connectivity index (χ4n) is 2.69. The maximum atomic E-state index is 6.26. The minimum Gasteiger partial charge on any atom is -0.327 e. The zero-order valence-electron chi connectivity index (χ0n) is 10.2. The van der Waals surface area contributed by atoms with Crippen molar-refractivity contribution in [2.24, 2.45) is 11.7 Å². The van der Waals surface area contributed by atoms with Crippen molar-refractivity contribution in [2.45, 2.75) is 51.6 Å². The lowest BCUT2D eigenvalue weighted by molar-refractivity contribution is 0.426. The van der Waals surface area contributed by atoms with Crippen LogP contribution in [-0.4, -0.2) is 15.8 Å². The van der Waals surface area contributed by atoms with E-state index in [1.807, 2.05) is 4.68 Å². The van der Waals surface area contributed by atoms with Gasteiger partial charge in [-0.2, -0.15) is 5.10 Å². The molecule has 0 spiro atoms. The third-order valence-electron chi connectivity index (χ3n) is 3.75. The topological polar surface area (TPSA) is 43.8 Å². The Balaban J connectivity index is 2.36. The van der Waals surface area contributed by atoms with Gasteiger partial charge in [-0.15, -0.1) is 0 Å². The molecule has 2 N–H and O–H groups in total. The molecule has 1 aromatic heterocycles. The molecule has 0 aliphatic heterocycles. The molecular weight excluding hydrogens is 222 g/mol. The molecule has 0 saturated heterocycles. The maximum Gasteiger partial charge on any atom is 0.0820 e. The smallest absolute Gasteiger partial charge is 0.0820 e. The van der Waals surface area contributed by atoms with Gasteiger partial charge in [0, 0.05) is 18.0 Å². The standard InChI is InChI=1S/C12H20ClN3/c1-7(2)16-12(10(13)6-15-16)9-4-5-11(14)8(9)3/h6-9,11H,4-5,14H2,1-3H3. The Morgan fingerprint density at radius 1 is 1.50 bits per heavy atom. The SMILES string of the molecule is CC1C(N)CCC1c1c(Cl)cnn1C(C)C. The number of halogens is 1. The first-order valence-electron chi connectivity index (χ1n) is 6.00. The quantitative estimate of drug-likeness (QED) is 0.865. The molecule has 4 heteroatoms. The monoisotopic (exact) mass is 241 g/mol. The fraction of sp³-hybridized carbons (Fsp3) is 0.750. The summed E-state index contributed by atoms with van der Waals surface area (Å²) < 4.78 is 2.04. The molecule has 1 aromatic rings. The molecule has 0 aromatic carbocycles. The molecule has 1 heterocycles. The maximum absolute atomic E-state index is 6.26. The van der Waals surface area contributed by atoms with Gasteiger partial charge in [-0.05, 0) is 32.6 Å². The third-order valence-corrected chi connectivity index (χ3v) is 4.04. The summed E-state index contributed by atoms with van der Waals surface area (Å²) in [5.74, 6) is 0.958. The lowest BCUT2D eigenvalue weighted by Gasteiger charge is -2.21. The normalized spacial score (nSPS) is 30.2. The average Bonchev–Trinajstić information content (AvgIpc) is 2.73. The molecule has 1 aliphatic rings. The van der Waals surface area contributed by atoms with Crippen LogP contribution in [0.15, 0.2) is 6.20 Å². The Morgan fingerprint density at radius 3 is 2.69 bits per heavy atom. The summed E-state index contributed by atoms with van der Waals surface area (Å²) in [6, 6.07) is 0.656. The van der Waals surface area contributed by atoms with Gasteiger partial charge in [0.15, 0.2) is 0 Å². The summed E-state index contributed by atoms with van der Waals surface area (Å²) in [6.07, 6.45) is 3.97. The molecule has 3 nitrogen and oxygen atoms in total. The van der Waals surface area contributed by atoms with Crippen molar-refractivity contribution < 1.29 is 0 Å². The highest BCUT2D eigenvalue weighted by atomic mass is 35.5. The first kappa shape index (κ1) is 11.9. The Morgan fingerprint density at radius 2 is 2.19 bits per heavy atom. The van der Waals surface area contributed by atoms with Crippen LogP contribution in [0.1, 0.15) is 51.3 Å². The highest BCUT2D eigenvalue weighted by molar-refractivity contribution is 6.31. The van der Waals surface area contributed by atoms with E-state index in [4.69, 9.17) is 17.3 Å². The lowest BCUT2D eigenvalue weighted by atomic mass is 9.92. The van der Waals surface area contributed by atoms with Gasteiger partial charge < -0.3 is 5.73 Å². The van der Waals surface area contributed by atoms with Crippen LogP contribution in [0.4, 0.5) is 0 Å². The molecule has 3 atom stereocenters. The minimum atomic E-state index is 0.302. The molecule has 16 heavy (non-hydrogen) atoms. The average molecular weight is 242 g/mol. The summed E-state index contributed by atoms with van der Waals surface area (Å²) >= 11 is 6.26. The molecule has 0 bridgehead atoms. The van der Waals surface area contributed by atoms with Crippen molar-refractivity contribution in [1.82, 2.24) is 9.78 Å². The van der Waals surface area contributed by atoms with Gasteiger partial charge >= 0.3 is 0 Å². The summed E-state index contributed by atoms with van der Waals surface area (Å²) in [7, 11) is 0. The van der Waals surface area contributed by atoms with Gasteiger partial charge in [0.05, 0.1) is 16.9 Å². The summed E-state index contributed by atoms with van der Waals surface area (Å²) in [6.45, 7) is 6.48. The van der Waals surface area contributed by atoms with E-state index in [9.17, 15) is 0 Å². The van der Waals surface area contributed by atoms with E-state index < -0.39 is 0 Å². The van der Waals surface area contributed by atoms with E-state index >= 15 is 0 Å². The minimum absolute atomic E-state index is 0.302. The number of nitrogens with two attached hydrogens (primary N) is 1. The van der Waals surface area contributed by atoms with Gasteiger partial charge in [0.2, 0.25) is 0 Å². The predicted octanol–water partition coefficient (Wildman–Crippen LogP) is 2.96. The number of nitrogens with zero attached hydrogens (tertiary/aromatic N) is 2. The Hall–Kier alpha value is -0.540. The summed E-state index contributed by atoms with van der Waals surface area (Å²) in [5, 5.41) is 5.15. The summed E-state index contributed by atoms with van der Waals surface area (Å²) in [4.78, 5) is 0. The highest BCUT2D eigenvalue weighted by Gasteiger charge is 2.35. The Kier molecular flexibility index (Phi) is 3.27. The van der Waals surface area contributed by atoms with Gasteiger partial charge in [-0.1, -0.05) is 18.5 Å². The molecular formula is C12H20ClN3. The van der Waals surface area contributed by atoms with Crippen molar-refractivity contribution in [3.8, 4) is 0 Å². The second-order valence-electron chi connectivity index (χ2n) is 5.12.